The third kappa shape index (κ3) is 4.85. The molecule has 5 heteroatoms. The average Bonchev–Trinajstić information content (AvgIpc) is 2.85. The van der Waals surface area contributed by atoms with E-state index in [0.29, 0.717) is 18.0 Å². The fourth-order valence-corrected chi connectivity index (χ4v) is 6.57. The monoisotopic (exact) mass is 450 g/mol. The summed E-state index contributed by atoms with van der Waals surface area (Å²) in [6.07, 6.45) is 6.82. The van der Waals surface area contributed by atoms with Crippen LogP contribution in [0.25, 0.3) is 0 Å². The molecule has 2 aromatic rings. The van der Waals surface area contributed by atoms with E-state index in [1.807, 2.05) is 4.90 Å². The molecule has 3 aliphatic rings. The maximum Gasteiger partial charge on any atom is 0.253 e. The quantitative estimate of drug-likeness (QED) is 0.728. The molecule has 2 aromatic carbocycles. The van der Waals surface area contributed by atoms with Crippen molar-refractivity contribution in [3.63, 3.8) is 0 Å². The van der Waals surface area contributed by atoms with Crippen LogP contribution in [0.15, 0.2) is 54.6 Å². The van der Waals surface area contributed by atoms with E-state index >= 15 is 0 Å². The number of halogens is 1. The summed E-state index contributed by atoms with van der Waals surface area (Å²) in [5.74, 6) is 0.281. The van der Waals surface area contributed by atoms with Crippen molar-refractivity contribution in [2.45, 2.75) is 63.0 Å². The number of aliphatic hydroxyl groups is 1. The summed E-state index contributed by atoms with van der Waals surface area (Å²) in [5.41, 5.74) is 1.99. The summed E-state index contributed by atoms with van der Waals surface area (Å²) < 4.78 is 13.3. The van der Waals surface area contributed by atoms with Crippen LogP contribution >= 0.6 is 0 Å². The van der Waals surface area contributed by atoms with Gasteiger partial charge in [-0.25, -0.2) is 4.39 Å². The molecule has 3 fully saturated rings. The van der Waals surface area contributed by atoms with E-state index in [-0.39, 0.29) is 29.3 Å². The Balaban J connectivity index is 1.18. The lowest BCUT2D eigenvalue weighted by atomic mass is 9.66. The zero-order chi connectivity index (χ0) is 22.8. The molecule has 2 heterocycles. The number of nitrogens with zero attached hydrogens (tertiary/aromatic N) is 2. The van der Waals surface area contributed by atoms with Crippen LogP contribution in [0.5, 0.6) is 0 Å². The lowest BCUT2D eigenvalue weighted by molar-refractivity contribution is -0.0565. The number of carbonyl (C=O) groups excluding carboxylic acids is 1. The van der Waals surface area contributed by atoms with E-state index in [9.17, 15) is 14.3 Å². The highest BCUT2D eigenvalue weighted by molar-refractivity contribution is 5.94. The van der Waals surface area contributed by atoms with Gasteiger partial charge in [0.1, 0.15) is 5.82 Å². The van der Waals surface area contributed by atoms with E-state index in [2.05, 4.69) is 35.2 Å². The fourth-order valence-electron chi connectivity index (χ4n) is 6.57. The third-order valence-electron chi connectivity index (χ3n) is 8.37. The van der Waals surface area contributed by atoms with Gasteiger partial charge < -0.3 is 10.0 Å². The largest absolute Gasteiger partial charge is 0.391 e. The molecule has 2 aliphatic heterocycles. The highest BCUT2D eigenvalue weighted by Gasteiger charge is 2.45. The maximum absolute atomic E-state index is 13.3. The molecular formula is C28H35FN2O2. The predicted octanol–water partition coefficient (Wildman–Crippen LogP) is 4.84. The molecule has 3 atom stereocenters. The number of piperidine rings is 2. The topological polar surface area (TPSA) is 43.8 Å². The third-order valence-corrected chi connectivity index (χ3v) is 8.37. The Hall–Kier alpha value is -2.24. The summed E-state index contributed by atoms with van der Waals surface area (Å²) in [7, 11) is 0. The van der Waals surface area contributed by atoms with Crippen molar-refractivity contribution < 1.29 is 14.3 Å². The Labute approximate surface area is 196 Å². The van der Waals surface area contributed by atoms with E-state index < -0.39 is 0 Å². The van der Waals surface area contributed by atoms with E-state index in [4.69, 9.17) is 0 Å². The summed E-state index contributed by atoms with van der Waals surface area (Å²) in [4.78, 5) is 17.5. The Morgan fingerprint density at radius 1 is 0.939 bits per heavy atom. The van der Waals surface area contributed by atoms with Crippen molar-refractivity contribution in [1.82, 2.24) is 9.80 Å². The van der Waals surface area contributed by atoms with Gasteiger partial charge in [-0.3, -0.25) is 9.69 Å². The zero-order valence-electron chi connectivity index (χ0n) is 19.3. The molecule has 1 spiro atoms. The molecule has 4 nitrogen and oxygen atoms in total. The lowest BCUT2D eigenvalue weighted by Gasteiger charge is -2.51. The van der Waals surface area contributed by atoms with Gasteiger partial charge in [-0.15, -0.1) is 0 Å². The second kappa shape index (κ2) is 9.55. The van der Waals surface area contributed by atoms with E-state index in [1.54, 1.807) is 12.1 Å². The smallest absolute Gasteiger partial charge is 0.253 e. The van der Waals surface area contributed by atoms with Gasteiger partial charge in [-0.05, 0) is 99.2 Å². The molecule has 0 aromatic heterocycles. The molecule has 2 saturated heterocycles. The van der Waals surface area contributed by atoms with E-state index in [1.165, 1.54) is 17.7 Å². The molecule has 176 valence electrons. The standard InChI is InChI=1S/C28H35FN2O2/c29-24-9-7-23(8-10-24)27(33)31-16-4-14-28(20-31)15-11-25(26(32)19-28)30-17-12-22(13-18-30)21-5-2-1-3-6-21/h1-3,5-10,22,25-26,32H,4,11-20H2/t25-,26-,28-/m0/s1. The summed E-state index contributed by atoms with van der Waals surface area (Å²) in [6, 6.07) is 16.9. The van der Waals surface area contributed by atoms with Crippen LogP contribution in [0.4, 0.5) is 4.39 Å². The first-order valence-electron chi connectivity index (χ1n) is 12.5. The number of likely N-dealkylation sites (tertiary alicyclic amines) is 2. The van der Waals surface area contributed by atoms with Crippen molar-refractivity contribution >= 4 is 5.91 Å². The van der Waals surface area contributed by atoms with Crippen molar-refractivity contribution in [3.05, 3.63) is 71.5 Å². The number of benzene rings is 2. The average molecular weight is 451 g/mol. The van der Waals surface area contributed by atoms with Crippen molar-refractivity contribution in [2.75, 3.05) is 26.2 Å². The number of amides is 1. The number of hydrogen-bond acceptors (Lipinski definition) is 3. The Morgan fingerprint density at radius 3 is 2.36 bits per heavy atom. The minimum atomic E-state index is -0.340. The Morgan fingerprint density at radius 2 is 1.67 bits per heavy atom. The lowest BCUT2D eigenvalue weighted by Crippen LogP contribution is -2.55. The van der Waals surface area contributed by atoms with Crippen molar-refractivity contribution in [1.29, 1.82) is 0 Å². The number of rotatable bonds is 3. The van der Waals surface area contributed by atoms with Gasteiger partial charge in [-0.1, -0.05) is 30.3 Å². The van der Waals surface area contributed by atoms with Crippen molar-refractivity contribution in [3.8, 4) is 0 Å². The Bertz CT molecular complexity index is 942. The van der Waals surface area contributed by atoms with Crippen LogP contribution in [0.1, 0.15) is 66.8 Å². The van der Waals surface area contributed by atoms with Crippen LogP contribution in [0.3, 0.4) is 0 Å². The fraction of sp³-hybridized carbons (Fsp3) is 0.536. The molecule has 0 bridgehead atoms. The molecule has 1 amide bonds. The van der Waals surface area contributed by atoms with Crippen LogP contribution in [0.2, 0.25) is 0 Å². The van der Waals surface area contributed by atoms with Gasteiger partial charge in [-0.2, -0.15) is 0 Å². The molecular weight excluding hydrogens is 415 g/mol. The molecule has 1 aliphatic carbocycles. The van der Waals surface area contributed by atoms with Crippen LogP contribution in [-0.4, -0.2) is 59.1 Å². The van der Waals surface area contributed by atoms with Crippen LogP contribution in [0, 0.1) is 11.2 Å². The summed E-state index contributed by atoms with van der Waals surface area (Å²) in [5, 5.41) is 11.2. The van der Waals surface area contributed by atoms with Gasteiger partial charge in [0.05, 0.1) is 6.10 Å². The molecule has 0 unspecified atom stereocenters. The molecule has 0 radical (unpaired) electrons. The minimum Gasteiger partial charge on any atom is -0.391 e. The molecule has 1 saturated carbocycles. The first kappa shape index (κ1) is 22.5. The van der Waals surface area contributed by atoms with Gasteiger partial charge in [0, 0.05) is 24.7 Å². The highest BCUT2D eigenvalue weighted by atomic mass is 19.1. The first-order chi connectivity index (χ1) is 16.0. The molecule has 5 rings (SSSR count). The Kier molecular flexibility index (Phi) is 6.53. The van der Waals surface area contributed by atoms with Gasteiger partial charge in [0.25, 0.3) is 5.91 Å². The predicted molar refractivity (Wildman–Crippen MR) is 128 cm³/mol. The molecule has 1 N–H and O–H groups in total. The zero-order valence-corrected chi connectivity index (χ0v) is 19.3. The van der Waals surface area contributed by atoms with Crippen LogP contribution in [-0.2, 0) is 0 Å². The summed E-state index contributed by atoms with van der Waals surface area (Å²) >= 11 is 0. The number of carbonyl (C=O) groups is 1. The minimum absolute atomic E-state index is 0.00617. The molecule has 33 heavy (non-hydrogen) atoms. The number of aliphatic hydroxyl groups excluding tert-OH is 1. The second-order valence-corrected chi connectivity index (χ2v) is 10.4. The van der Waals surface area contributed by atoms with Gasteiger partial charge in [0.2, 0.25) is 0 Å². The van der Waals surface area contributed by atoms with Gasteiger partial charge >= 0.3 is 0 Å². The highest BCUT2D eigenvalue weighted by Crippen LogP contribution is 2.45. The normalized spacial score (nSPS) is 29.3. The summed E-state index contributed by atoms with van der Waals surface area (Å²) in [6.45, 7) is 3.53. The van der Waals surface area contributed by atoms with Crippen LogP contribution < -0.4 is 0 Å². The first-order valence-corrected chi connectivity index (χ1v) is 12.5. The number of hydrogen-bond donors (Lipinski definition) is 1. The second-order valence-electron chi connectivity index (χ2n) is 10.4. The SMILES string of the molecule is O=C(c1ccc(F)cc1)N1CCC[C@@]2(CC[C@H](N3CCC(c4ccccc4)CC3)[C@@H](O)C2)C1. The van der Waals surface area contributed by atoms with Gasteiger partial charge in [0.15, 0.2) is 0 Å². The maximum atomic E-state index is 13.3. The van der Waals surface area contributed by atoms with E-state index in [0.717, 1.165) is 64.6 Å². The van der Waals surface area contributed by atoms with Crippen molar-refractivity contribution in [2.24, 2.45) is 5.41 Å².